The van der Waals surface area contributed by atoms with Crippen molar-refractivity contribution in [3.63, 3.8) is 0 Å². The smallest absolute Gasteiger partial charge is 0.261 e. The lowest BCUT2D eigenvalue weighted by molar-refractivity contribution is 0.0720. The summed E-state index contributed by atoms with van der Waals surface area (Å²) in [6, 6.07) is 10.4. The maximum absolute atomic E-state index is 13.2. The van der Waals surface area contributed by atoms with Crippen LogP contribution in [0.5, 0.6) is 0 Å². The van der Waals surface area contributed by atoms with Gasteiger partial charge in [0.2, 0.25) is 10.0 Å². The third-order valence-electron chi connectivity index (χ3n) is 6.66. The maximum Gasteiger partial charge on any atom is 0.261 e. The van der Waals surface area contributed by atoms with Gasteiger partial charge in [-0.25, -0.2) is 16.8 Å². The molecule has 2 aliphatic heterocycles. The zero-order valence-corrected chi connectivity index (χ0v) is 22.9. The Hall–Kier alpha value is -2.08. The molecule has 196 valence electrons. The summed E-state index contributed by atoms with van der Waals surface area (Å²) >= 11 is 1.40. The molecule has 0 bridgehead atoms. The van der Waals surface area contributed by atoms with Crippen molar-refractivity contribution in [2.24, 2.45) is 0 Å². The molecule has 2 aromatic carbocycles. The molecule has 2 saturated heterocycles. The van der Waals surface area contributed by atoms with Gasteiger partial charge in [-0.05, 0) is 80.8 Å². The predicted octanol–water partition coefficient (Wildman–Crippen LogP) is 4.40. The summed E-state index contributed by atoms with van der Waals surface area (Å²) in [5, 5.41) is 0. The quantitative estimate of drug-likeness (QED) is 0.512. The predicted molar refractivity (Wildman–Crippen MR) is 142 cm³/mol. The highest BCUT2D eigenvalue weighted by atomic mass is 32.2. The Kier molecular flexibility index (Phi) is 8.64. The van der Waals surface area contributed by atoms with Gasteiger partial charge in [-0.3, -0.25) is 9.52 Å². The summed E-state index contributed by atoms with van der Waals surface area (Å²) in [4.78, 5) is 15.8. The van der Waals surface area contributed by atoms with Gasteiger partial charge < -0.3 is 4.90 Å². The van der Waals surface area contributed by atoms with Crippen molar-refractivity contribution in [2.75, 3.05) is 37.2 Å². The van der Waals surface area contributed by atoms with Crippen LogP contribution >= 0.6 is 11.8 Å². The van der Waals surface area contributed by atoms with E-state index >= 15 is 0 Å². The Balaban J connectivity index is 1.53. The van der Waals surface area contributed by atoms with E-state index in [0.29, 0.717) is 31.7 Å². The van der Waals surface area contributed by atoms with E-state index in [-0.39, 0.29) is 21.4 Å². The third kappa shape index (κ3) is 6.07. The fourth-order valence-electron chi connectivity index (χ4n) is 4.63. The van der Waals surface area contributed by atoms with Gasteiger partial charge in [0.1, 0.15) is 0 Å². The lowest BCUT2D eigenvalue weighted by Crippen LogP contribution is -2.36. The second kappa shape index (κ2) is 11.5. The number of anilines is 1. The highest BCUT2D eigenvalue weighted by Gasteiger charge is 2.26. The lowest BCUT2D eigenvalue weighted by atomic mass is 10.1. The van der Waals surface area contributed by atoms with Crippen LogP contribution in [-0.2, 0) is 20.0 Å². The fraction of sp³-hybridized carbons (Fsp3) is 0.480. The van der Waals surface area contributed by atoms with Gasteiger partial charge in [0, 0.05) is 36.8 Å². The van der Waals surface area contributed by atoms with E-state index in [1.165, 1.54) is 52.5 Å². The van der Waals surface area contributed by atoms with Crippen molar-refractivity contribution < 1.29 is 21.6 Å². The van der Waals surface area contributed by atoms with Gasteiger partial charge in [0.05, 0.1) is 15.4 Å². The van der Waals surface area contributed by atoms with Crippen LogP contribution in [0.15, 0.2) is 57.2 Å². The average Bonchev–Trinajstić information content (AvgIpc) is 3.19. The van der Waals surface area contributed by atoms with E-state index in [9.17, 15) is 21.6 Å². The molecule has 36 heavy (non-hydrogen) atoms. The van der Waals surface area contributed by atoms with Gasteiger partial charge >= 0.3 is 0 Å². The molecular weight excluding hydrogens is 518 g/mol. The standard InChI is InChI=1S/C25H33N3O5S3/c1-34-24-14-13-22(19-23(24)25(29)27-15-5-4-6-16-27)35(30,31)26-20-9-11-21(12-10-20)36(32,33)28-17-7-2-3-8-18-28/h9-14,19,26H,2-8,15-18H2,1H3. The fourth-order valence-corrected chi connectivity index (χ4v) is 7.80. The zero-order chi connectivity index (χ0) is 25.8. The molecule has 0 atom stereocenters. The van der Waals surface area contributed by atoms with Gasteiger partial charge in [0.15, 0.2) is 0 Å². The monoisotopic (exact) mass is 551 g/mol. The number of nitrogens with zero attached hydrogens (tertiary/aromatic N) is 2. The highest BCUT2D eigenvalue weighted by Crippen LogP contribution is 2.28. The Morgan fingerprint density at radius 1 is 0.778 bits per heavy atom. The highest BCUT2D eigenvalue weighted by molar-refractivity contribution is 7.98. The van der Waals surface area contributed by atoms with Crippen LogP contribution in [-0.4, -0.2) is 64.4 Å². The van der Waals surface area contributed by atoms with E-state index in [4.69, 9.17) is 0 Å². The Bertz CT molecular complexity index is 1280. The summed E-state index contributed by atoms with van der Waals surface area (Å²) < 4.78 is 56.3. The number of carbonyl (C=O) groups excluding carboxylic acids is 1. The molecule has 2 aromatic rings. The number of carbonyl (C=O) groups is 1. The van der Waals surface area contributed by atoms with Crippen molar-refractivity contribution >= 4 is 43.4 Å². The largest absolute Gasteiger partial charge is 0.339 e. The third-order valence-corrected chi connectivity index (χ3v) is 10.8. The van der Waals surface area contributed by atoms with Gasteiger partial charge in [-0.1, -0.05) is 12.8 Å². The molecule has 1 N–H and O–H groups in total. The molecule has 11 heteroatoms. The van der Waals surface area contributed by atoms with Crippen molar-refractivity contribution in [2.45, 2.75) is 59.6 Å². The Labute approximate surface area is 218 Å². The van der Waals surface area contributed by atoms with E-state index in [1.807, 2.05) is 6.26 Å². The van der Waals surface area contributed by atoms with Crippen LogP contribution in [0.2, 0.25) is 0 Å². The zero-order valence-electron chi connectivity index (χ0n) is 20.5. The second-order valence-corrected chi connectivity index (χ2v) is 13.6. The van der Waals surface area contributed by atoms with Gasteiger partial charge in [0.25, 0.3) is 15.9 Å². The molecule has 0 radical (unpaired) electrons. The van der Waals surface area contributed by atoms with E-state index in [0.717, 1.165) is 49.8 Å². The minimum Gasteiger partial charge on any atom is -0.339 e. The number of hydrogen-bond acceptors (Lipinski definition) is 6. The van der Waals surface area contributed by atoms with Gasteiger partial charge in [-0.2, -0.15) is 4.31 Å². The number of hydrogen-bond donors (Lipinski definition) is 1. The molecule has 0 aliphatic carbocycles. The Morgan fingerprint density at radius 3 is 1.94 bits per heavy atom. The van der Waals surface area contributed by atoms with Crippen molar-refractivity contribution in [1.29, 1.82) is 0 Å². The van der Waals surface area contributed by atoms with Crippen molar-refractivity contribution in [3.8, 4) is 0 Å². The topological polar surface area (TPSA) is 104 Å². The molecule has 4 rings (SSSR count). The van der Waals surface area contributed by atoms with Crippen LogP contribution in [0, 0.1) is 0 Å². The van der Waals surface area contributed by atoms with Crippen LogP contribution in [0.25, 0.3) is 0 Å². The van der Waals surface area contributed by atoms with E-state index < -0.39 is 20.0 Å². The van der Waals surface area contributed by atoms with E-state index in [2.05, 4.69) is 4.72 Å². The molecular formula is C25H33N3O5S3. The number of thioether (sulfide) groups is 1. The normalized spacial score (nSPS) is 18.0. The molecule has 0 aromatic heterocycles. The number of likely N-dealkylation sites (tertiary alicyclic amines) is 1. The minimum atomic E-state index is -3.99. The van der Waals surface area contributed by atoms with Crippen LogP contribution in [0.4, 0.5) is 5.69 Å². The summed E-state index contributed by atoms with van der Waals surface area (Å²) in [5.41, 5.74) is 0.633. The number of nitrogens with one attached hydrogen (secondary N) is 1. The average molecular weight is 552 g/mol. The first kappa shape index (κ1) is 27.0. The molecule has 0 saturated carbocycles. The first-order valence-electron chi connectivity index (χ1n) is 12.3. The molecule has 2 fully saturated rings. The van der Waals surface area contributed by atoms with Crippen LogP contribution in [0.3, 0.4) is 0 Å². The Morgan fingerprint density at radius 2 is 1.33 bits per heavy atom. The van der Waals surface area contributed by atoms with Crippen molar-refractivity contribution in [3.05, 3.63) is 48.0 Å². The molecule has 1 amide bonds. The lowest BCUT2D eigenvalue weighted by Gasteiger charge is -2.27. The molecule has 0 unspecified atom stereocenters. The van der Waals surface area contributed by atoms with Crippen LogP contribution in [0.1, 0.15) is 55.3 Å². The number of sulfonamides is 2. The van der Waals surface area contributed by atoms with Crippen LogP contribution < -0.4 is 4.72 Å². The molecule has 2 heterocycles. The first-order valence-corrected chi connectivity index (χ1v) is 16.5. The second-order valence-electron chi connectivity index (χ2n) is 9.16. The maximum atomic E-state index is 13.2. The number of amides is 1. The summed E-state index contributed by atoms with van der Waals surface area (Å²) in [6.45, 7) is 2.35. The van der Waals surface area contributed by atoms with Gasteiger partial charge in [-0.15, -0.1) is 11.8 Å². The molecule has 8 nitrogen and oxygen atoms in total. The minimum absolute atomic E-state index is 0.0121. The first-order chi connectivity index (χ1) is 17.2. The number of rotatable bonds is 7. The summed E-state index contributed by atoms with van der Waals surface area (Å²) in [5.74, 6) is -0.154. The number of piperidine rings is 1. The SMILES string of the molecule is CSc1ccc(S(=O)(=O)Nc2ccc(S(=O)(=O)N3CCCCCC3)cc2)cc1C(=O)N1CCCCC1. The molecule has 2 aliphatic rings. The number of benzene rings is 2. The van der Waals surface area contributed by atoms with E-state index in [1.54, 1.807) is 11.0 Å². The van der Waals surface area contributed by atoms with Crippen molar-refractivity contribution in [1.82, 2.24) is 9.21 Å². The summed E-state index contributed by atoms with van der Waals surface area (Å²) in [7, 11) is -7.61. The summed E-state index contributed by atoms with van der Waals surface area (Å²) in [6.07, 6.45) is 8.58. The molecule has 0 spiro atoms.